The molecule has 2 heterocycles. The highest BCUT2D eigenvalue weighted by Crippen LogP contribution is 2.33. The van der Waals surface area contributed by atoms with Gasteiger partial charge in [-0.25, -0.2) is 9.18 Å². The standard InChI is InChI=1S/C20H21FN2O2.C2HF3O2/c21-15-8-6-14(7-9-15)11-23-12-17-10-18(19(13-23)25-17)20(24)22-16-4-2-1-3-5-16;3-2(4,5)1(6)7/h1-9,17-19H,10-13H2,(H,22,24);(H,6,7). The van der Waals surface area contributed by atoms with Crippen LogP contribution in [0.1, 0.15) is 12.0 Å². The Morgan fingerprint density at radius 2 is 1.69 bits per heavy atom. The van der Waals surface area contributed by atoms with Crippen LogP contribution < -0.4 is 5.32 Å². The Hall–Kier alpha value is -2.98. The molecule has 32 heavy (non-hydrogen) atoms. The Kier molecular flexibility index (Phi) is 7.47. The summed E-state index contributed by atoms with van der Waals surface area (Å²) in [5.41, 5.74) is 1.89. The second kappa shape index (κ2) is 10.1. The van der Waals surface area contributed by atoms with Crippen LogP contribution >= 0.6 is 0 Å². The first kappa shape index (κ1) is 23.7. The first-order chi connectivity index (χ1) is 15.1. The highest BCUT2D eigenvalue weighted by atomic mass is 19.4. The molecule has 1 amide bonds. The molecule has 2 aromatic rings. The van der Waals surface area contributed by atoms with Gasteiger partial charge in [0.05, 0.1) is 18.1 Å². The molecule has 2 aromatic carbocycles. The summed E-state index contributed by atoms with van der Waals surface area (Å²) in [5.74, 6) is -3.07. The summed E-state index contributed by atoms with van der Waals surface area (Å²) >= 11 is 0. The van der Waals surface area contributed by atoms with E-state index >= 15 is 0 Å². The first-order valence-electron chi connectivity index (χ1n) is 9.90. The minimum atomic E-state index is -5.08. The van der Waals surface area contributed by atoms with Gasteiger partial charge in [0.25, 0.3) is 0 Å². The fourth-order valence-corrected chi connectivity index (χ4v) is 3.75. The smallest absolute Gasteiger partial charge is 0.475 e. The van der Waals surface area contributed by atoms with E-state index in [9.17, 15) is 22.4 Å². The van der Waals surface area contributed by atoms with Crippen LogP contribution in [0.3, 0.4) is 0 Å². The van der Waals surface area contributed by atoms with Crippen molar-refractivity contribution in [1.82, 2.24) is 4.90 Å². The topological polar surface area (TPSA) is 78.9 Å². The number of hydrogen-bond donors (Lipinski definition) is 2. The van der Waals surface area contributed by atoms with Gasteiger partial charge in [0, 0.05) is 25.3 Å². The third-order valence-electron chi connectivity index (χ3n) is 5.17. The molecule has 2 saturated heterocycles. The molecule has 2 aliphatic heterocycles. The zero-order valence-corrected chi connectivity index (χ0v) is 16.9. The zero-order chi connectivity index (χ0) is 23.3. The minimum absolute atomic E-state index is 0.0299. The molecule has 10 heteroatoms. The van der Waals surface area contributed by atoms with Gasteiger partial charge in [0.1, 0.15) is 5.82 Å². The number of rotatable bonds is 4. The van der Waals surface area contributed by atoms with E-state index in [0.29, 0.717) is 0 Å². The summed E-state index contributed by atoms with van der Waals surface area (Å²) in [5, 5.41) is 10.1. The van der Waals surface area contributed by atoms with Gasteiger partial charge in [-0.3, -0.25) is 9.69 Å². The van der Waals surface area contributed by atoms with Crippen LogP contribution in [0, 0.1) is 11.7 Å². The maximum Gasteiger partial charge on any atom is 0.490 e. The van der Waals surface area contributed by atoms with Crippen molar-refractivity contribution in [3.8, 4) is 0 Å². The van der Waals surface area contributed by atoms with Crippen LogP contribution in [-0.2, 0) is 20.9 Å². The number of carbonyl (C=O) groups excluding carboxylic acids is 1. The van der Waals surface area contributed by atoms with Crippen LogP contribution in [0.4, 0.5) is 23.2 Å². The Morgan fingerprint density at radius 3 is 2.28 bits per heavy atom. The van der Waals surface area contributed by atoms with Crippen LogP contribution in [0.25, 0.3) is 0 Å². The van der Waals surface area contributed by atoms with E-state index in [0.717, 1.165) is 37.3 Å². The van der Waals surface area contributed by atoms with Crippen molar-refractivity contribution < 1.29 is 37.0 Å². The van der Waals surface area contributed by atoms with E-state index in [2.05, 4.69) is 10.2 Å². The molecule has 0 aromatic heterocycles. The normalized spacial score (nSPS) is 22.6. The molecule has 3 unspecified atom stereocenters. The number of carboxylic acids is 1. The number of halogens is 4. The van der Waals surface area contributed by atoms with Crippen molar-refractivity contribution in [3.63, 3.8) is 0 Å². The number of aliphatic carboxylic acids is 1. The predicted octanol–water partition coefficient (Wildman–Crippen LogP) is 3.69. The number of morpholine rings is 1. The third kappa shape index (κ3) is 6.51. The number of carbonyl (C=O) groups is 2. The van der Waals surface area contributed by atoms with Crippen LogP contribution in [-0.4, -0.2) is 53.4 Å². The number of ether oxygens (including phenoxy) is 1. The lowest BCUT2D eigenvalue weighted by Crippen LogP contribution is -2.44. The van der Waals surface area contributed by atoms with Crippen molar-refractivity contribution in [1.29, 1.82) is 0 Å². The van der Waals surface area contributed by atoms with E-state index in [-0.39, 0.29) is 29.9 Å². The average Bonchev–Trinajstić information content (AvgIpc) is 3.04. The molecule has 6 nitrogen and oxygen atoms in total. The zero-order valence-electron chi connectivity index (χ0n) is 16.9. The lowest BCUT2D eigenvalue weighted by Gasteiger charge is -2.32. The lowest BCUT2D eigenvalue weighted by atomic mass is 9.99. The van der Waals surface area contributed by atoms with E-state index in [4.69, 9.17) is 14.6 Å². The van der Waals surface area contributed by atoms with Gasteiger partial charge in [-0.1, -0.05) is 30.3 Å². The fourth-order valence-electron chi connectivity index (χ4n) is 3.75. The third-order valence-corrected chi connectivity index (χ3v) is 5.17. The predicted molar refractivity (Wildman–Crippen MR) is 107 cm³/mol. The second-order valence-electron chi connectivity index (χ2n) is 7.62. The van der Waals surface area contributed by atoms with Crippen LogP contribution in [0.2, 0.25) is 0 Å². The molecule has 0 aliphatic carbocycles. The van der Waals surface area contributed by atoms with Gasteiger partial charge in [-0.05, 0) is 36.2 Å². The summed E-state index contributed by atoms with van der Waals surface area (Å²) < 4.78 is 50.8. The largest absolute Gasteiger partial charge is 0.490 e. The number of nitrogens with zero attached hydrogens (tertiary/aromatic N) is 1. The van der Waals surface area contributed by atoms with Crippen molar-refractivity contribution >= 4 is 17.6 Å². The molecule has 2 N–H and O–H groups in total. The summed E-state index contributed by atoms with van der Waals surface area (Å²) in [6.45, 7) is 2.29. The molecule has 2 aliphatic rings. The molecule has 172 valence electrons. The number of nitrogens with one attached hydrogen (secondary N) is 1. The SMILES string of the molecule is O=C(Nc1ccccc1)C1CC2CN(Cc3ccc(F)cc3)CC1O2.O=C(O)C(F)(F)F. The van der Waals surface area contributed by atoms with E-state index < -0.39 is 12.1 Å². The molecular formula is C22H22F4N2O4. The lowest BCUT2D eigenvalue weighted by molar-refractivity contribution is -0.192. The fraction of sp³-hybridized carbons (Fsp3) is 0.364. The maximum atomic E-state index is 13.0. The quantitative estimate of drug-likeness (QED) is 0.689. The number of carboxylic acid groups (broad SMARTS) is 1. The molecular weight excluding hydrogens is 432 g/mol. The van der Waals surface area contributed by atoms with Gasteiger partial charge in [-0.15, -0.1) is 0 Å². The number of benzene rings is 2. The highest BCUT2D eigenvalue weighted by Gasteiger charge is 2.44. The number of anilines is 1. The molecule has 2 fully saturated rings. The Morgan fingerprint density at radius 1 is 1.06 bits per heavy atom. The highest BCUT2D eigenvalue weighted by molar-refractivity contribution is 5.93. The van der Waals surface area contributed by atoms with Gasteiger partial charge in [0.2, 0.25) is 5.91 Å². The Balaban J connectivity index is 0.000000360. The molecule has 0 saturated carbocycles. The number of alkyl halides is 3. The van der Waals surface area contributed by atoms with E-state index in [1.807, 2.05) is 42.5 Å². The molecule has 0 spiro atoms. The van der Waals surface area contributed by atoms with Crippen molar-refractivity contribution in [3.05, 3.63) is 66.0 Å². The van der Waals surface area contributed by atoms with Gasteiger partial charge in [-0.2, -0.15) is 13.2 Å². The van der Waals surface area contributed by atoms with E-state index in [1.165, 1.54) is 12.1 Å². The first-order valence-corrected chi connectivity index (χ1v) is 9.90. The summed E-state index contributed by atoms with van der Waals surface area (Å²) in [4.78, 5) is 23.8. The Labute approximate surface area is 181 Å². The Bertz CT molecular complexity index is 922. The van der Waals surface area contributed by atoms with Crippen molar-refractivity contribution in [2.24, 2.45) is 5.92 Å². The maximum absolute atomic E-state index is 13.0. The summed E-state index contributed by atoms with van der Waals surface area (Å²) in [7, 11) is 0. The molecule has 0 radical (unpaired) electrons. The second-order valence-corrected chi connectivity index (χ2v) is 7.62. The average molecular weight is 454 g/mol. The number of hydrogen-bond acceptors (Lipinski definition) is 4. The van der Waals surface area contributed by atoms with E-state index in [1.54, 1.807) is 0 Å². The molecule has 4 rings (SSSR count). The van der Waals surface area contributed by atoms with Gasteiger partial charge < -0.3 is 15.2 Å². The molecule has 3 atom stereocenters. The monoisotopic (exact) mass is 454 g/mol. The van der Waals surface area contributed by atoms with Crippen molar-refractivity contribution in [2.45, 2.75) is 31.3 Å². The van der Waals surface area contributed by atoms with Crippen LogP contribution in [0.15, 0.2) is 54.6 Å². The summed E-state index contributed by atoms with van der Waals surface area (Å²) in [6, 6.07) is 16.1. The molecule has 2 bridgehead atoms. The van der Waals surface area contributed by atoms with Gasteiger partial charge in [0.15, 0.2) is 0 Å². The number of likely N-dealkylation sites (tertiary alicyclic amines) is 1. The number of amides is 1. The minimum Gasteiger partial charge on any atom is -0.475 e. The number of para-hydroxylation sites is 1. The van der Waals surface area contributed by atoms with Crippen molar-refractivity contribution in [2.75, 3.05) is 18.4 Å². The number of fused-ring (bicyclic) bond motifs is 2. The summed E-state index contributed by atoms with van der Waals surface area (Å²) in [6.07, 6.45) is -4.32. The van der Waals surface area contributed by atoms with Gasteiger partial charge >= 0.3 is 12.1 Å². The van der Waals surface area contributed by atoms with Crippen LogP contribution in [0.5, 0.6) is 0 Å².